The molecule has 2 aromatic carbocycles. The zero-order valence-corrected chi connectivity index (χ0v) is 40.4. The number of hydrogen-bond donors (Lipinski definition) is 4. The molecule has 4 heterocycles. The second kappa shape index (κ2) is 27.4. The maximum Gasteiger partial charge on any atom is 0.356 e. The molecule has 2 saturated carbocycles. The number of aliphatic carboxylic acids is 1. The lowest BCUT2D eigenvalue weighted by atomic mass is 9.80. The second-order valence-corrected chi connectivity index (χ2v) is 18.0. The van der Waals surface area contributed by atoms with Gasteiger partial charge in [-0.05, 0) is 132 Å². The van der Waals surface area contributed by atoms with Crippen molar-refractivity contribution in [2.45, 2.75) is 125 Å². The molecule has 2 aliphatic carbocycles. The summed E-state index contributed by atoms with van der Waals surface area (Å²) < 4.78 is 39.5. The summed E-state index contributed by atoms with van der Waals surface area (Å²) >= 11 is 0. The summed E-state index contributed by atoms with van der Waals surface area (Å²) in [6.07, 6.45) is 8.08. The Balaban J connectivity index is 0.000000251. The van der Waals surface area contributed by atoms with Crippen LogP contribution in [0.5, 0.6) is 0 Å². The summed E-state index contributed by atoms with van der Waals surface area (Å²) in [5.74, 6) is -3.28. The van der Waals surface area contributed by atoms with Gasteiger partial charge in [0.05, 0.1) is 56.1 Å². The first-order valence-electron chi connectivity index (χ1n) is 23.8. The number of aromatic nitrogens is 4. The minimum atomic E-state index is -1.09. The van der Waals surface area contributed by atoms with Crippen LogP contribution in [-0.4, -0.2) is 102 Å². The number of hydrogen-bond acceptors (Lipinski definition) is 11. The summed E-state index contributed by atoms with van der Waals surface area (Å²) in [5, 5.41) is 39.2. The maximum absolute atomic E-state index is 13.3. The third kappa shape index (κ3) is 15.9. The van der Waals surface area contributed by atoms with Gasteiger partial charge in [0, 0.05) is 37.1 Å². The van der Waals surface area contributed by atoms with Gasteiger partial charge >= 0.3 is 29.8 Å². The van der Waals surface area contributed by atoms with Crippen molar-refractivity contribution in [3.63, 3.8) is 0 Å². The van der Waals surface area contributed by atoms with Crippen molar-refractivity contribution in [1.82, 2.24) is 29.8 Å². The van der Waals surface area contributed by atoms with E-state index in [1.54, 1.807) is 52.4 Å². The van der Waals surface area contributed by atoms with Crippen molar-refractivity contribution in [2.75, 3.05) is 26.3 Å². The lowest BCUT2D eigenvalue weighted by Gasteiger charge is -2.31. The normalized spacial score (nSPS) is 19.0. The Morgan fingerprint density at radius 3 is 1.52 bits per heavy atom. The summed E-state index contributed by atoms with van der Waals surface area (Å²) in [6, 6.07) is 12.1. The minimum absolute atomic E-state index is 0. The Bertz CT molecular complexity index is 2430. The molecule has 71 heavy (non-hydrogen) atoms. The maximum atomic E-state index is 13.3. The first-order valence-corrected chi connectivity index (χ1v) is 23.8. The third-order valence-electron chi connectivity index (χ3n) is 13.3. The molecule has 0 spiro atoms. The summed E-state index contributed by atoms with van der Waals surface area (Å²) in [6.45, 7) is 7.27. The highest BCUT2D eigenvalue weighted by Gasteiger charge is 2.33. The number of carbonyl (C=O) groups is 6. The Hall–Kier alpha value is -6.21. The van der Waals surface area contributed by atoms with Crippen molar-refractivity contribution in [2.24, 2.45) is 23.7 Å². The average molecular weight is 1010 g/mol. The van der Waals surface area contributed by atoms with Gasteiger partial charge in [0.2, 0.25) is 5.91 Å². The van der Waals surface area contributed by atoms with E-state index in [1.807, 2.05) is 0 Å². The Kier molecular flexibility index (Phi) is 22.1. The van der Waals surface area contributed by atoms with E-state index in [4.69, 9.17) is 14.6 Å². The van der Waals surface area contributed by atoms with Crippen LogP contribution in [0.3, 0.4) is 0 Å². The minimum Gasteiger partial charge on any atom is -0.481 e. The first kappa shape index (κ1) is 57.4. The Labute approximate surface area is 418 Å². The zero-order valence-electron chi connectivity index (χ0n) is 39.6. The molecule has 4 N–H and O–H groups in total. The number of nitrogens with zero attached hydrogens (tertiary/aromatic N) is 5. The number of nitrogens with one attached hydrogen (secondary N) is 1. The highest BCUT2D eigenvalue weighted by molar-refractivity contribution is 5.88. The molecule has 0 bridgehead atoms. The van der Waals surface area contributed by atoms with E-state index in [2.05, 4.69) is 15.5 Å². The van der Waals surface area contributed by atoms with Crippen molar-refractivity contribution < 1.29 is 62.3 Å². The van der Waals surface area contributed by atoms with Crippen LogP contribution >= 0.6 is 12.4 Å². The molecule has 4 aromatic rings. The highest BCUT2D eigenvalue weighted by Crippen LogP contribution is 2.34. The number of amides is 1. The fourth-order valence-corrected chi connectivity index (χ4v) is 9.59. The number of fused-ring (bicyclic) bond motifs is 2. The average Bonchev–Trinajstić information content (AvgIpc) is 3.89. The molecule has 20 heteroatoms. The molecular formula is C51H67ClF2N6O11. The summed E-state index contributed by atoms with van der Waals surface area (Å²) in [4.78, 5) is 71.7. The fraction of sp³-hybridized carbons (Fsp3) is 0.529. The number of halogens is 3. The van der Waals surface area contributed by atoms with Crippen molar-refractivity contribution in [3.05, 3.63) is 105 Å². The third-order valence-corrected chi connectivity index (χ3v) is 13.3. The Morgan fingerprint density at radius 1 is 0.648 bits per heavy atom. The number of carboxylic acid groups (broad SMARTS) is 3. The highest BCUT2D eigenvalue weighted by atomic mass is 35.5. The molecule has 0 atom stereocenters. The smallest absolute Gasteiger partial charge is 0.356 e. The Morgan fingerprint density at radius 2 is 1.08 bits per heavy atom. The molecule has 0 radical (unpaired) electrons. The van der Waals surface area contributed by atoms with Gasteiger partial charge in [-0.2, -0.15) is 10.2 Å². The number of carbonyl (C=O) groups excluding carboxylic acids is 3. The van der Waals surface area contributed by atoms with E-state index >= 15 is 0 Å². The molecule has 4 aliphatic rings. The molecule has 388 valence electrons. The van der Waals surface area contributed by atoms with Crippen LogP contribution in [0.15, 0.2) is 48.5 Å². The van der Waals surface area contributed by atoms with E-state index in [-0.39, 0.29) is 90.8 Å². The van der Waals surface area contributed by atoms with Gasteiger partial charge in [-0.3, -0.25) is 28.5 Å². The lowest BCUT2D eigenvalue weighted by molar-refractivity contribution is -0.150. The van der Waals surface area contributed by atoms with E-state index < -0.39 is 17.9 Å². The first-order chi connectivity index (χ1) is 33.1. The zero-order chi connectivity index (χ0) is 49.6. The van der Waals surface area contributed by atoms with Crippen molar-refractivity contribution >= 4 is 48.2 Å². The van der Waals surface area contributed by atoms with Crippen LogP contribution in [0, 0.1) is 35.3 Å². The quantitative estimate of drug-likeness (QED) is 0.0887. The second-order valence-electron chi connectivity index (χ2n) is 18.0. The summed E-state index contributed by atoms with van der Waals surface area (Å²) in [7, 11) is 0. The van der Waals surface area contributed by atoms with Gasteiger partial charge in [-0.15, -0.1) is 12.4 Å². The van der Waals surface area contributed by atoms with Crippen LogP contribution in [0.4, 0.5) is 8.78 Å². The molecule has 1 amide bonds. The topological polar surface area (TPSA) is 232 Å². The number of rotatable bonds is 14. The number of ether oxygens (including phenoxy) is 2. The van der Waals surface area contributed by atoms with Gasteiger partial charge in [0.1, 0.15) is 11.6 Å². The standard InChI is InChI=1S/C25H30FN3O5.C14H14FN3O2.C11H18O4.CH4.ClH/c1-2-34-25(33)18-7-3-16(4-8-18)13-22(30)28-12-11-20-21(15-28)29(27-23(20)24(31)32)14-17-5-9-19(26)10-6-17;15-10-3-1-9(2-4-10)8-18-12-7-16-6-5-11(12)13(17-18)14(19)20;1-2-15-11(14)9-5-3-8(4-6-9)7-10(12)13;;/h5-6,9-10,16,18H,2-4,7-8,11-15H2,1H3,(H,31,32);1-4,16H,5-8H2,(H,19,20);8-9H,2-7H2,1H3,(H,12,13);1H4;1H. The van der Waals surface area contributed by atoms with Gasteiger partial charge in [0.15, 0.2) is 11.4 Å². The fourth-order valence-electron chi connectivity index (χ4n) is 9.59. The predicted molar refractivity (Wildman–Crippen MR) is 259 cm³/mol. The number of benzene rings is 2. The van der Waals surface area contributed by atoms with Crippen LogP contribution in [0.25, 0.3) is 0 Å². The van der Waals surface area contributed by atoms with E-state index in [9.17, 15) is 47.8 Å². The monoisotopic (exact) mass is 1010 g/mol. The molecule has 0 saturated heterocycles. The van der Waals surface area contributed by atoms with E-state index in [1.165, 1.54) is 24.3 Å². The molecule has 17 nitrogen and oxygen atoms in total. The van der Waals surface area contributed by atoms with Gasteiger partial charge in [0.25, 0.3) is 0 Å². The SMILES string of the molecule is C.CCOC(=O)C1CCC(CC(=O)N2CCc3c(C(=O)O)nn(Cc4ccc(F)cc4)c3C2)CC1.CCOC(=O)C1CCC(CC(=O)O)CC1.Cl.O=C(O)c1nn(Cc2ccc(F)cc2)c2c1CCNC2. The number of aromatic carboxylic acids is 2. The van der Waals surface area contributed by atoms with Gasteiger partial charge in [-0.1, -0.05) is 31.7 Å². The van der Waals surface area contributed by atoms with Gasteiger partial charge in [-0.25, -0.2) is 18.4 Å². The van der Waals surface area contributed by atoms with Gasteiger partial charge < -0.3 is 35.0 Å². The van der Waals surface area contributed by atoms with Crippen LogP contribution < -0.4 is 5.32 Å². The van der Waals surface area contributed by atoms with E-state index in [0.29, 0.717) is 76.5 Å². The number of carboxylic acids is 3. The van der Waals surface area contributed by atoms with Crippen molar-refractivity contribution in [1.29, 1.82) is 0 Å². The van der Waals surface area contributed by atoms with E-state index in [0.717, 1.165) is 80.3 Å². The lowest BCUT2D eigenvalue weighted by Crippen LogP contribution is -2.38. The molecule has 0 unspecified atom stereocenters. The molecule has 8 rings (SSSR count). The summed E-state index contributed by atoms with van der Waals surface area (Å²) in [5.41, 5.74) is 4.91. The van der Waals surface area contributed by atoms with Crippen molar-refractivity contribution in [3.8, 4) is 0 Å². The molecular weight excluding hydrogens is 946 g/mol. The van der Waals surface area contributed by atoms with Crippen LogP contribution in [-0.2, 0) is 67.7 Å². The molecule has 2 aromatic heterocycles. The molecule has 2 fully saturated rings. The van der Waals surface area contributed by atoms with Crippen LogP contribution in [0.2, 0.25) is 0 Å². The molecule has 2 aliphatic heterocycles. The van der Waals surface area contributed by atoms with Crippen LogP contribution in [0.1, 0.15) is 140 Å². The predicted octanol–water partition coefficient (Wildman–Crippen LogP) is 7.72. The number of esters is 2. The largest absolute Gasteiger partial charge is 0.481 e.